The number of allylic oxidation sites excluding steroid dienone is 2. The van der Waals surface area contributed by atoms with Crippen LogP contribution in [0.2, 0.25) is 0 Å². The van der Waals surface area contributed by atoms with Crippen LogP contribution in [0.1, 0.15) is 31.7 Å². The average molecular weight is 397 g/mol. The van der Waals surface area contributed by atoms with E-state index in [2.05, 4.69) is 5.32 Å². The summed E-state index contributed by atoms with van der Waals surface area (Å²) in [6.07, 6.45) is 6.20. The number of non-ortho nitro benzene ring substituents is 1. The molecule has 8 nitrogen and oxygen atoms in total. The van der Waals surface area contributed by atoms with E-state index in [9.17, 15) is 24.5 Å². The van der Waals surface area contributed by atoms with E-state index in [1.807, 2.05) is 12.2 Å². The van der Waals surface area contributed by atoms with Crippen molar-refractivity contribution in [3.63, 3.8) is 0 Å². The molecular formula is C21H23N3O5. The molecule has 0 unspecified atom stereocenters. The fraction of sp³-hybridized carbons (Fsp3) is 0.476. The molecule has 0 radical (unpaired) electrons. The predicted molar refractivity (Wildman–Crippen MR) is 105 cm³/mol. The van der Waals surface area contributed by atoms with Gasteiger partial charge in [0.2, 0.25) is 17.7 Å². The van der Waals surface area contributed by atoms with Crippen LogP contribution in [-0.2, 0) is 14.4 Å². The van der Waals surface area contributed by atoms with Gasteiger partial charge in [-0.05, 0) is 49.7 Å². The minimum atomic E-state index is -0.894. The maximum atomic E-state index is 13.1. The van der Waals surface area contributed by atoms with Gasteiger partial charge in [0, 0.05) is 17.8 Å². The Morgan fingerprint density at radius 2 is 1.79 bits per heavy atom. The summed E-state index contributed by atoms with van der Waals surface area (Å²) >= 11 is 0. The van der Waals surface area contributed by atoms with Crippen LogP contribution >= 0.6 is 0 Å². The number of nitro groups is 1. The Morgan fingerprint density at radius 3 is 2.24 bits per heavy atom. The molecule has 152 valence electrons. The molecule has 1 saturated carbocycles. The fourth-order valence-corrected chi connectivity index (χ4v) is 5.01. The van der Waals surface area contributed by atoms with Gasteiger partial charge in [0.05, 0.1) is 16.8 Å². The normalized spacial score (nSPS) is 28.4. The second-order valence-electron chi connectivity index (χ2n) is 8.06. The molecule has 0 aromatic heterocycles. The Labute approximate surface area is 168 Å². The number of nitrogens with one attached hydrogen (secondary N) is 1. The van der Waals surface area contributed by atoms with E-state index in [1.54, 1.807) is 13.8 Å². The molecule has 1 heterocycles. The molecule has 4 aliphatic rings. The number of imide groups is 1. The number of hydrogen-bond donors (Lipinski definition) is 1. The summed E-state index contributed by atoms with van der Waals surface area (Å²) in [7, 11) is 0. The summed E-state index contributed by atoms with van der Waals surface area (Å²) < 4.78 is 0. The number of benzene rings is 1. The van der Waals surface area contributed by atoms with Gasteiger partial charge in [0.1, 0.15) is 6.04 Å². The molecule has 5 atom stereocenters. The van der Waals surface area contributed by atoms with E-state index in [0.29, 0.717) is 17.7 Å². The average Bonchev–Trinajstić information content (AvgIpc) is 2.98. The van der Waals surface area contributed by atoms with Gasteiger partial charge < -0.3 is 5.32 Å². The van der Waals surface area contributed by atoms with Crippen LogP contribution in [0.15, 0.2) is 30.4 Å². The first-order valence-electron chi connectivity index (χ1n) is 9.94. The van der Waals surface area contributed by atoms with Gasteiger partial charge in [-0.3, -0.25) is 29.4 Å². The fourth-order valence-electron chi connectivity index (χ4n) is 5.01. The summed E-state index contributed by atoms with van der Waals surface area (Å²) in [5.74, 6) is -1.51. The lowest BCUT2D eigenvalue weighted by Gasteiger charge is -2.38. The third kappa shape index (κ3) is 3.03. The molecule has 1 aromatic rings. The summed E-state index contributed by atoms with van der Waals surface area (Å²) in [5.41, 5.74) is 0.902. The van der Waals surface area contributed by atoms with Crippen LogP contribution in [0, 0.1) is 40.7 Å². The standard InChI is InChI=1S/C21H23N3O5/c1-3-16(19(25)22-15-9-8-14(24(28)29)10-11(15)2)23-20(26)17-12-4-5-13(7-6-12)18(17)21(23)27/h4-5,8-10,12-13,16-18H,3,6-7H2,1-2H3,(H,22,25)/t12-,13-,16-,17-,18+/m0/s1. The van der Waals surface area contributed by atoms with Gasteiger partial charge in [-0.25, -0.2) is 0 Å². The molecule has 29 heavy (non-hydrogen) atoms. The summed E-state index contributed by atoms with van der Waals surface area (Å²) in [4.78, 5) is 50.7. The predicted octanol–water partition coefficient (Wildman–Crippen LogP) is 2.82. The van der Waals surface area contributed by atoms with Gasteiger partial charge >= 0.3 is 0 Å². The zero-order valence-corrected chi connectivity index (χ0v) is 16.3. The number of carbonyl (C=O) groups is 3. The van der Waals surface area contributed by atoms with Crippen LogP contribution in [0.4, 0.5) is 11.4 Å². The van der Waals surface area contributed by atoms with E-state index in [-0.39, 0.29) is 41.2 Å². The van der Waals surface area contributed by atoms with Crippen molar-refractivity contribution < 1.29 is 19.3 Å². The summed E-state index contributed by atoms with van der Waals surface area (Å²) in [6.45, 7) is 3.43. The van der Waals surface area contributed by atoms with Crippen molar-refractivity contribution >= 4 is 29.1 Å². The topological polar surface area (TPSA) is 110 Å². The van der Waals surface area contributed by atoms with Gasteiger partial charge in [-0.1, -0.05) is 19.1 Å². The van der Waals surface area contributed by atoms with Crippen molar-refractivity contribution in [2.45, 2.75) is 39.2 Å². The first-order valence-corrected chi connectivity index (χ1v) is 9.94. The Kier molecular flexibility index (Phi) is 4.72. The quantitative estimate of drug-likeness (QED) is 0.356. The molecule has 0 spiro atoms. The van der Waals surface area contributed by atoms with Crippen LogP contribution in [-0.4, -0.2) is 33.6 Å². The van der Waals surface area contributed by atoms with Crippen LogP contribution in [0.3, 0.4) is 0 Å². The van der Waals surface area contributed by atoms with E-state index in [0.717, 1.165) is 12.8 Å². The first kappa shape index (κ1) is 19.3. The molecule has 3 amide bonds. The third-order valence-electron chi connectivity index (χ3n) is 6.47. The second-order valence-corrected chi connectivity index (χ2v) is 8.06. The lowest BCUT2D eigenvalue weighted by atomic mass is 9.63. The Balaban J connectivity index is 1.56. The molecule has 2 bridgehead atoms. The van der Waals surface area contributed by atoms with Crippen LogP contribution in [0.25, 0.3) is 0 Å². The smallest absolute Gasteiger partial charge is 0.269 e. The molecule has 1 aromatic carbocycles. The lowest BCUT2D eigenvalue weighted by Crippen LogP contribution is -2.47. The maximum absolute atomic E-state index is 13.1. The number of nitrogens with zero attached hydrogens (tertiary/aromatic N) is 2. The molecule has 1 N–H and O–H groups in total. The van der Waals surface area contributed by atoms with E-state index in [1.165, 1.54) is 23.1 Å². The summed E-state index contributed by atoms with van der Waals surface area (Å²) in [6, 6.07) is 3.26. The van der Waals surface area contributed by atoms with Crippen molar-refractivity contribution in [3.05, 3.63) is 46.0 Å². The number of fused-ring (bicyclic) bond motifs is 1. The van der Waals surface area contributed by atoms with Crippen LogP contribution in [0.5, 0.6) is 0 Å². The van der Waals surface area contributed by atoms with Gasteiger partial charge in [0.15, 0.2) is 0 Å². The minimum absolute atomic E-state index is 0.0653. The SMILES string of the molecule is CC[C@@H](C(=O)Nc1ccc([N+](=O)[O-])cc1C)N1C(=O)[C@@H]2[C@H](C1=O)[C@H]1C=C[C@H]2CC1. The van der Waals surface area contributed by atoms with Gasteiger partial charge in [0.25, 0.3) is 5.69 Å². The van der Waals surface area contributed by atoms with Gasteiger partial charge in [-0.2, -0.15) is 0 Å². The van der Waals surface area contributed by atoms with Crippen LogP contribution < -0.4 is 5.32 Å². The first-order chi connectivity index (χ1) is 13.8. The van der Waals surface area contributed by atoms with Crippen molar-refractivity contribution in [2.75, 3.05) is 5.32 Å². The highest BCUT2D eigenvalue weighted by Crippen LogP contribution is 2.50. The van der Waals surface area contributed by atoms with E-state index in [4.69, 9.17) is 0 Å². The monoisotopic (exact) mass is 397 g/mol. The Bertz CT molecular complexity index is 908. The molecule has 1 saturated heterocycles. The van der Waals surface area contributed by atoms with Crippen molar-refractivity contribution in [1.82, 2.24) is 4.90 Å². The highest BCUT2D eigenvalue weighted by atomic mass is 16.6. The molecular weight excluding hydrogens is 374 g/mol. The molecule has 3 aliphatic carbocycles. The number of rotatable bonds is 5. The minimum Gasteiger partial charge on any atom is -0.324 e. The third-order valence-corrected chi connectivity index (χ3v) is 6.47. The molecule has 1 aliphatic heterocycles. The molecule has 8 heteroatoms. The Morgan fingerprint density at radius 1 is 1.21 bits per heavy atom. The van der Waals surface area contributed by atoms with E-state index >= 15 is 0 Å². The second kappa shape index (κ2) is 7.09. The van der Waals surface area contributed by atoms with Gasteiger partial charge in [-0.15, -0.1) is 0 Å². The number of nitro benzene ring substituents is 1. The number of anilines is 1. The maximum Gasteiger partial charge on any atom is 0.269 e. The van der Waals surface area contributed by atoms with Crippen molar-refractivity contribution in [2.24, 2.45) is 23.7 Å². The summed E-state index contributed by atoms with van der Waals surface area (Å²) in [5, 5.41) is 13.6. The lowest BCUT2D eigenvalue weighted by molar-refractivity contribution is -0.384. The largest absolute Gasteiger partial charge is 0.324 e. The number of likely N-dealkylation sites (tertiary alicyclic amines) is 1. The highest BCUT2D eigenvalue weighted by molar-refractivity contribution is 6.10. The van der Waals surface area contributed by atoms with E-state index < -0.39 is 16.9 Å². The molecule has 5 rings (SSSR count). The number of hydrogen-bond acceptors (Lipinski definition) is 5. The molecule has 2 fully saturated rings. The number of aryl methyl sites for hydroxylation is 1. The van der Waals surface area contributed by atoms with Crippen molar-refractivity contribution in [1.29, 1.82) is 0 Å². The zero-order chi connectivity index (χ0) is 20.9. The highest BCUT2D eigenvalue weighted by Gasteiger charge is 2.58. The Hall–Kier alpha value is -3.03. The number of amides is 3. The number of carbonyl (C=O) groups excluding carboxylic acids is 3. The zero-order valence-electron chi connectivity index (χ0n) is 16.3. The van der Waals surface area contributed by atoms with Crippen molar-refractivity contribution in [3.8, 4) is 0 Å².